The largest absolute Gasteiger partial charge is 0.352 e. The summed E-state index contributed by atoms with van der Waals surface area (Å²) in [5, 5.41) is 5.44. The molecule has 0 fully saturated rings. The molecule has 0 saturated carbocycles. The zero-order chi connectivity index (χ0) is 17.5. The SMILES string of the molecule is CC(C)NC(=O)c1cc(C(=O)NCCc2ccccc2F)ccn1. The number of pyridine rings is 1. The maximum absolute atomic E-state index is 13.5. The first-order valence-corrected chi connectivity index (χ1v) is 7.76. The van der Waals surface area contributed by atoms with Crippen molar-refractivity contribution >= 4 is 11.8 Å². The Hall–Kier alpha value is -2.76. The third kappa shape index (κ3) is 4.87. The van der Waals surface area contributed by atoms with E-state index in [0.29, 0.717) is 24.1 Å². The summed E-state index contributed by atoms with van der Waals surface area (Å²) in [6, 6.07) is 9.40. The van der Waals surface area contributed by atoms with Crippen molar-refractivity contribution in [1.29, 1.82) is 0 Å². The molecule has 2 amide bonds. The Bertz CT molecular complexity index is 732. The summed E-state index contributed by atoms with van der Waals surface area (Å²) in [5.41, 5.74) is 1.07. The van der Waals surface area contributed by atoms with Crippen LogP contribution in [0.4, 0.5) is 4.39 Å². The highest BCUT2D eigenvalue weighted by Gasteiger charge is 2.12. The fourth-order valence-corrected chi connectivity index (χ4v) is 2.15. The van der Waals surface area contributed by atoms with Gasteiger partial charge in [-0.25, -0.2) is 4.39 Å². The Balaban J connectivity index is 1.95. The lowest BCUT2D eigenvalue weighted by molar-refractivity contribution is 0.0938. The van der Waals surface area contributed by atoms with E-state index in [4.69, 9.17) is 0 Å². The van der Waals surface area contributed by atoms with Gasteiger partial charge in [-0.15, -0.1) is 0 Å². The van der Waals surface area contributed by atoms with Crippen LogP contribution in [0.25, 0.3) is 0 Å². The number of nitrogens with one attached hydrogen (secondary N) is 2. The first-order chi connectivity index (χ1) is 11.5. The Morgan fingerprint density at radius 3 is 2.62 bits per heavy atom. The van der Waals surface area contributed by atoms with Crippen LogP contribution < -0.4 is 10.6 Å². The normalized spacial score (nSPS) is 10.5. The highest BCUT2D eigenvalue weighted by Crippen LogP contribution is 2.07. The molecule has 2 rings (SSSR count). The standard InChI is InChI=1S/C18H20FN3O2/c1-12(2)22-18(24)16-11-14(8-9-20-16)17(23)21-10-7-13-5-3-4-6-15(13)19/h3-6,8-9,11-12H,7,10H2,1-2H3,(H,21,23)(H,22,24). The quantitative estimate of drug-likeness (QED) is 0.854. The lowest BCUT2D eigenvalue weighted by Crippen LogP contribution is -2.31. The topological polar surface area (TPSA) is 71.1 Å². The van der Waals surface area contributed by atoms with Crippen molar-refractivity contribution in [2.45, 2.75) is 26.3 Å². The van der Waals surface area contributed by atoms with Crippen LogP contribution in [0, 0.1) is 5.82 Å². The summed E-state index contributed by atoms with van der Waals surface area (Å²) in [5.74, 6) is -0.943. The molecule has 0 saturated heterocycles. The van der Waals surface area contributed by atoms with Gasteiger partial charge in [0.2, 0.25) is 0 Å². The average Bonchev–Trinajstić information content (AvgIpc) is 2.56. The van der Waals surface area contributed by atoms with Crippen molar-refractivity contribution in [2.75, 3.05) is 6.54 Å². The van der Waals surface area contributed by atoms with Crippen molar-refractivity contribution in [3.63, 3.8) is 0 Å². The Labute approximate surface area is 140 Å². The number of hydrogen-bond donors (Lipinski definition) is 2. The van der Waals surface area contributed by atoms with E-state index in [0.717, 1.165) is 0 Å². The number of amides is 2. The fourth-order valence-electron chi connectivity index (χ4n) is 2.15. The molecule has 126 valence electrons. The summed E-state index contributed by atoms with van der Waals surface area (Å²) >= 11 is 0. The van der Waals surface area contributed by atoms with Gasteiger partial charge in [0.1, 0.15) is 11.5 Å². The van der Waals surface area contributed by atoms with Gasteiger partial charge >= 0.3 is 0 Å². The Kier molecular flexibility index (Phi) is 6.01. The van der Waals surface area contributed by atoms with Gasteiger partial charge in [0.05, 0.1) is 0 Å². The number of hydrogen-bond acceptors (Lipinski definition) is 3. The fraction of sp³-hybridized carbons (Fsp3) is 0.278. The van der Waals surface area contributed by atoms with Crippen LogP contribution in [0.5, 0.6) is 0 Å². The third-order valence-electron chi connectivity index (χ3n) is 3.31. The Morgan fingerprint density at radius 1 is 1.17 bits per heavy atom. The Morgan fingerprint density at radius 2 is 1.92 bits per heavy atom. The lowest BCUT2D eigenvalue weighted by Gasteiger charge is -2.09. The summed E-state index contributed by atoms with van der Waals surface area (Å²) in [4.78, 5) is 28.0. The minimum Gasteiger partial charge on any atom is -0.352 e. The first kappa shape index (κ1) is 17.6. The van der Waals surface area contributed by atoms with Gasteiger partial charge < -0.3 is 10.6 Å². The van der Waals surface area contributed by atoms with Crippen LogP contribution >= 0.6 is 0 Å². The monoisotopic (exact) mass is 329 g/mol. The third-order valence-corrected chi connectivity index (χ3v) is 3.31. The minimum absolute atomic E-state index is 0.0162. The van der Waals surface area contributed by atoms with Gasteiger partial charge in [-0.1, -0.05) is 18.2 Å². The van der Waals surface area contributed by atoms with Crippen LogP contribution in [-0.4, -0.2) is 29.4 Å². The number of rotatable bonds is 6. The molecule has 0 bridgehead atoms. The molecule has 0 aliphatic rings. The average molecular weight is 329 g/mol. The molecule has 1 heterocycles. The van der Waals surface area contributed by atoms with Crippen molar-refractivity contribution in [3.05, 3.63) is 65.2 Å². The van der Waals surface area contributed by atoms with Crippen LogP contribution in [0.15, 0.2) is 42.6 Å². The summed E-state index contributed by atoms with van der Waals surface area (Å²) < 4.78 is 13.5. The van der Waals surface area contributed by atoms with Gasteiger partial charge in [-0.05, 0) is 44.0 Å². The molecule has 0 atom stereocenters. The molecular formula is C18H20FN3O2. The number of carbonyl (C=O) groups excluding carboxylic acids is 2. The van der Waals surface area contributed by atoms with Gasteiger partial charge in [0.25, 0.3) is 11.8 Å². The maximum atomic E-state index is 13.5. The molecule has 1 aromatic carbocycles. The van der Waals surface area contributed by atoms with Crippen molar-refractivity contribution in [2.24, 2.45) is 0 Å². The van der Waals surface area contributed by atoms with Gasteiger partial charge in [0.15, 0.2) is 0 Å². The highest BCUT2D eigenvalue weighted by atomic mass is 19.1. The summed E-state index contributed by atoms with van der Waals surface area (Å²) in [6.45, 7) is 3.99. The number of nitrogens with zero attached hydrogens (tertiary/aromatic N) is 1. The smallest absolute Gasteiger partial charge is 0.270 e. The predicted molar refractivity (Wildman–Crippen MR) is 89.3 cm³/mol. The van der Waals surface area contributed by atoms with Crippen LogP contribution in [0.2, 0.25) is 0 Å². The van der Waals surface area contributed by atoms with Crippen LogP contribution in [-0.2, 0) is 6.42 Å². The van der Waals surface area contributed by atoms with E-state index in [1.807, 2.05) is 13.8 Å². The van der Waals surface area contributed by atoms with Gasteiger partial charge in [-0.3, -0.25) is 14.6 Å². The number of benzene rings is 1. The zero-order valence-corrected chi connectivity index (χ0v) is 13.7. The van der Waals surface area contributed by atoms with Crippen molar-refractivity contribution < 1.29 is 14.0 Å². The first-order valence-electron chi connectivity index (χ1n) is 7.76. The molecule has 0 spiro atoms. The number of carbonyl (C=O) groups is 2. The van der Waals surface area contributed by atoms with E-state index in [2.05, 4.69) is 15.6 Å². The molecular weight excluding hydrogens is 309 g/mol. The van der Waals surface area contributed by atoms with Gasteiger partial charge in [0, 0.05) is 24.3 Å². The molecule has 1 aromatic heterocycles. The second-order valence-electron chi connectivity index (χ2n) is 5.66. The summed E-state index contributed by atoms with van der Waals surface area (Å²) in [6.07, 6.45) is 1.81. The summed E-state index contributed by atoms with van der Waals surface area (Å²) in [7, 11) is 0. The van der Waals surface area contributed by atoms with E-state index in [1.165, 1.54) is 24.4 Å². The van der Waals surface area contributed by atoms with Crippen LogP contribution in [0.3, 0.4) is 0 Å². The van der Waals surface area contributed by atoms with Crippen molar-refractivity contribution in [1.82, 2.24) is 15.6 Å². The van der Waals surface area contributed by atoms with Crippen LogP contribution in [0.1, 0.15) is 40.3 Å². The number of aromatic nitrogens is 1. The molecule has 0 unspecified atom stereocenters. The zero-order valence-electron chi connectivity index (χ0n) is 13.7. The highest BCUT2D eigenvalue weighted by molar-refractivity contribution is 5.98. The van der Waals surface area contributed by atoms with E-state index in [9.17, 15) is 14.0 Å². The molecule has 0 aliphatic heterocycles. The molecule has 24 heavy (non-hydrogen) atoms. The molecule has 0 aliphatic carbocycles. The van der Waals surface area contributed by atoms with Gasteiger partial charge in [-0.2, -0.15) is 0 Å². The molecule has 2 N–H and O–H groups in total. The molecule has 5 nitrogen and oxygen atoms in total. The molecule has 0 radical (unpaired) electrons. The van der Waals surface area contributed by atoms with Crippen molar-refractivity contribution in [3.8, 4) is 0 Å². The molecule has 2 aromatic rings. The van der Waals surface area contributed by atoms with E-state index in [1.54, 1.807) is 18.2 Å². The minimum atomic E-state index is -0.328. The van der Waals surface area contributed by atoms with E-state index in [-0.39, 0.29) is 29.4 Å². The predicted octanol–water partition coefficient (Wildman–Crippen LogP) is 2.33. The van der Waals surface area contributed by atoms with E-state index >= 15 is 0 Å². The second kappa shape index (κ2) is 8.19. The lowest BCUT2D eigenvalue weighted by atomic mass is 10.1. The van der Waals surface area contributed by atoms with E-state index < -0.39 is 0 Å². The maximum Gasteiger partial charge on any atom is 0.270 e. The number of halogens is 1. The second-order valence-corrected chi connectivity index (χ2v) is 5.66. The molecule has 6 heteroatoms.